The Hall–Kier alpha value is -3.24. The Morgan fingerprint density at radius 2 is 1.49 bits per heavy atom. The van der Waals surface area contributed by atoms with Crippen molar-refractivity contribution < 1.29 is 13.8 Å². The minimum absolute atomic E-state index is 0.0520. The van der Waals surface area contributed by atoms with Gasteiger partial charge in [0.25, 0.3) is 5.91 Å². The highest BCUT2D eigenvalue weighted by Crippen LogP contribution is 2.42. The number of quaternary nitrogens is 2. The summed E-state index contributed by atoms with van der Waals surface area (Å²) in [6.07, 6.45) is 16.4. The maximum atomic E-state index is 12.7. The Balaban J connectivity index is 0.000000152. The Bertz CT molecular complexity index is 1300. The minimum Gasteiger partial charge on any atom is -0.360 e. The minimum atomic E-state index is 0.0520. The van der Waals surface area contributed by atoms with Crippen LogP contribution in [0, 0.1) is 0 Å². The second kappa shape index (κ2) is 9.25. The lowest BCUT2D eigenvalue weighted by molar-refractivity contribution is -0.742. The summed E-state index contributed by atoms with van der Waals surface area (Å²) in [7, 11) is 11.8. The molecule has 0 aromatic carbocycles. The summed E-state index contributed by atoms with van der Waals surface area (Å²) >= 11 is 0. The molecule has 6 aliphatic rings. The molecular weight excluding hydrogens is 462 g/mol. The van der Waals surface area contributed by atoms with E-state index < -0.39 is 0 Å². The number of hydrogen-bond donors (Lipinski definition) is 0. The van der Waals surface area contributed by atoms with Crippen molar-refractivity contribution in [3.63, 3.8) is 0 Å². The fourth-order valence-electron chi connectivity index (χ4n) is 5.72. The van der Waals surface area contributed by atoms with E-state index in [0.29, 0.717) is 15.5 Å². The Morgan fingerprint density at radius 3 is 2.14 bits per heavy atom. The number of amides is 1. The number of aliphatic imine (C=N–C) groups is 2. The van der Waals surface area contributed by atoms with Crippen molar-refractivity contribution in [3.05, 3.63) is 84.0 Å². The molecule has 6 aliphatic heterocycles. The van der Waals surface area contributed by atoms with Crippen LogP contribution in [0.5, 0.6) is 0 Å². The molecule has 2 atom stereocenters. The van der Waals surface area contributed by atoms with Gasteiger partial charge in [0.1, 0.15) is 36.9 Å². The number of allylic oxidation sites excluding steroid dienone is 6. The van der Waals surface area contributed by atoms with Crippen LogP contribution in [0.3, 0.4) is 0 Å². The predicted molar refractivity (Wildman–Crippen MR) is 149 cm³/mol. The first-order valence-corrected chi connectivity index (χ1v) is 12.5. The summed E-state index contributed by atoms with van der Waals surface area (Å²) in [6, 6.07) is 0. The standard InChI is InChI=1S/C13H17BN4O.C13H17BN4/c1-10-12-13(19)17(14-16(2)3)7-9-18(12)8-5-4-6-11(18)15-10;1-10-9-18-8-6-5-7-12(18)15-11(2)13(18)17(10)14-16(3)4/h4-6,8H,7,9H2,1-3H3;5-8H,1,9H2,2-4H3/q2*+1. The second-order valence-corrected chi connectivity index (χ2v) is 10.4. The fourth-order valence-corrected chi connectivity index (χ4v) is 5.72. The quantitative estimate of drug-likeness (QED) is 0.441. The third-order valence-electron chi connectivity index (χ3n) is 7.09. The number of piperazine rings is 1. The van der Waals surface area contributed by atoms with Gasteiger partial charge in [-0.15, -0.1) is 0 Å². The largest absolute Gasteiger partial charge is 0.361 e. The Labute approximate surface area is 221 Å². The van der Waals surface area contributed by atoms with E-state index in [-0.39, 0.29) is 5.91 Å². The van der Waals surface area contributed by atoms with Gasteiger partial charge in [-0.25, -0.2) is 4.48 Å². The molecule has 0 saturated carbocycles. The molecule has 2 spiro atoms. The van der Waals surface area contributed by atoms with E-state index in [1.165, 1.54) is 5.82 Å². The molecule has 6 rings (SSSR count). The van der Waals surface area contributed by atoms with E-state index in [1.54, 1.807) is 4.81 Å². The first-order valence-electron chi connectivity index (χ1n) is 12.5. The van der Waals surface area contributed by atoms with Crippen LogP contribution in [0.25, 0.3) is 0 Å². The smallest absolute Gasteiger partial charge is 0.360 e. The lowest BCUT2D eigenvalue weighted by atomic mass is 10.00. The van der Waals surface area contributed by atoms with Crippen molar-refractivity contribution in [2.24, 2.45) is 9.98 Å². The van der Waals surface area contributed by atoms with Gasteiger partial charge < -0.3 is 19.2 Å². The van der Waals surface area contributed by atoms with Crippen molar-refractivity contribution in [3.8, 4) is 0 Å². The van der Waals surface area contributed by atoms with Crippen molar-refractivity contribution in [2.75, 3.05) is 47.8 Å². The lowest BCUT2D eigenvalue weighted by Gasteiger charge is -2.40. The van der Waals surface area contributed by atoms with E-state index in [4.69, 9.17) is 0 Å². The predicted octanol–water partition coefficient (Wildman–Crippen LogP) is 1.88. The van der Waals surface area contributed by atoms with E-state index in [1.807, 2.05) is 76.6 Å². The van der Waals surface area contributed by atoms with Gasteiger partial charge in [-0.3, -0.25) is 4.79 Å². The maximum Gasteiger partial charge on any atom is 0.361 e. The number of carbonyl (C=O) groups excluding carboxylic acids is 1. The number of hydrogen-bond acceptors (Lipinski definition) is 6. The average Bonchev–Trinajstić information content (AvgIpc) is 3.39. The van der Waals surface area contributed by atoms with Gasteiger partial charge in [0.15, 0.2) is 0 Å². The molecule has 2 saturated heterocycles. The van der Waals surface area contributed by atoms with Gasteiger partial charge in [0, 0.05) is 12.2 Å². The SMILES string of the molecule is C=C1C[N+]23C=CC=CC2=NC(C)=C3N1[B]N(C)C.CC1=C2C(=O)N([B]N(C)C)CC[N+]23C=CC=CC3=N1. The molecule has 9 nitrogen and oxygen atoms in total. The van der Waals surface area contributed by atoms with Crippen LogP contribution in [-0.4, -0.2) is 109 Å². The maximum absolute atomic E-state index is 12.7. The first kappa shape index (κ1) is 25.4. The van der Waals surface area contributed by atoms with Crippen LogP contribution in [0.1, 0.15) is 13.8 Å². The zero-order chi connectivity index (χ0) is 26.5. The molecule has 0 aromatic rings. The second-order valence-electron chi connectivity index (χ2n) is 10.4. The first-order chi connectivity index (χ1) is 17.6. The molecule has 37 heavy (non-hydrogen) atoms. The zero-order valence-electron chi connectivity index (χ0n) is 22.6. The summed E-state index contributed by atoms with van der Waals surface area (Å²) in [5.41, 5.74) is 3.77. The normalized spacial score (nSPS) is 28.9. The van der Waals surface area contributed by atoms with Gasteiger partial charge in [-0.05, 0) is 66.3 Å². The van der Waals surface area contributed by atoms with Crippen LogP contribution in [-0.2, 0) is 4.79 Å². The van der Waals surface area contributed by atoms with E-state index in [0.717, 1.165) is 47.5 Å². The van der Waals surface area contributed by atoms with Crippen molar-refractivity contribution in [2.45, 2.75) is 13.8 Å². The summed E-state index contributed by atoms with van der Waals surface area (Å²) in [5, 5.41) is 0. The van der Waals surface area contributed by atoms with Crippen LogP contribution in [0.4, 0.5) is 0 Å². The fraction of sp³-hybridized carbons (Fsp3) is 0.346. The van der Waals surface area contributed by atoms with Crippen LogP contribution < -0.4 is 0 Å². The number of nitrogens with zero attached hydrogens (tertiary/aromatic N) is 8. The molecular formula is C26H34B2N8O+2. The highest BCUT2D eigenvalue weighted by Gasteiger charge is 2.53. The molecule has 0 N–H and O–H groups in total. The average molecular weight is 496 g/mol. The van der Waals surface area contributed by atoms with Gasteiger partial charge in [-0.1, -0.05) is 6.58 Å². The molecule has 2 radical (unpaired) electrons. The molecule has 188 valence electrons. The Kier molecular flexibility index (Phi) is 6.35. The summed E-state index contributed by atoms with van der Waals surface area (Å²) in [5.74, 6) is 3.29. The van der Waals surface area contributed by atoms with E-state index >= 15 is 0 Å². The summed E-state index contributed by atoms with van der Waals surface area (Å²) in [6.45, 7) is 10.6. The third-order valence-corrected chi connectivity index (χ3v) is 7.09. The topological polar surface area (TPSA) is 54.8 Å². The number of carbonyl (C=O) groups is 1. The molecule has 0 aliphatic carbocycles. The summed E-state index contributed by atoms with van der Waals surface area (Å²) < 4.78 is 1.17. The molecule has 2 fully saturated rings. The van der Waals surface area contributed by atoms with Gasteiger partial charge in [0.05, 0.1) is 12.2 Å². The number of amidine groups is 2. The van der Waals surface area contributed by atoms with Crippen molar-refractivity contribution in [1.82, 2.24) is 19.2 Å². The lowest BCUT2D eigenvalue weighted by Crippen LogP contribution is -2.60. The van der Waals surface area contributed by atoms with Crippen LogP contribution in [0.2, 0.25) is 0 Å². The van der Waals surface area contributed by atoms with E-state index in [9.17, 15) is 4.79 Å². The van der Waals surface area contributed by atoms with Crippen LogP contribution in [0.15, 0.2) is 94.0 Å². The van der Waals surface area contributed by atoms with Crippen molar-refractivity contribution in [1.29, 1.82) is 0 Å². The van der Waals surface area contributed by atoms with Crippen LogP contribution >= 0.6 is 0 Å². The summed E-state index contributed by atoms with van der Waals surface area (Å²) in [4.78, 5) is 29.8. The highest BCUT2D eigenvalue weighted by molar-refractivity contribution is 6.35. The number of rotatable bonds is 4. The van der Waals surface area contributed by atoms with Crippen molar-refractivity contribution >= 4 is 32.7 Å². The van der Waals surface area contributed by atoms with Gasteiger partial charge >= 0.3 is 15.1 Å². The van der Waals surface area contributed by atoms with Gasteiger partial charge in [0.2, 0.25) is 23.2 Å². The molecule has 2 unspecified atom stereocenters. The van der Waals surface area contributed by atoms with Gasteiger partial charge in [-0.2, -0.15) is 14.5 Å². The zero-order valence-corrected chi connectivity index (χ0v) is 22.6. The monoisotopic (exact) mass is 496 g/mol. The molecule has 6 heterocycles. The highest BCUT2D eigenvalue weighted by atomic mass is 16.2. The molecule has 11 heteroatoms. The van der Waals surface area contributed by atoms with E-state index in [2.05, 4.69) is 60.4 Å². The Morgan fingerprint density at radius 1 is 0.892 bits per heavy atom. The molecule has 0 aromatic heterocycles. The molecule has 1 amide bonds. The third kappa shape index (κ3) is 4.02. The molecule has 0 bridgehead atoms.